The molecule has 2 amide bonds. The summed E-state index contributed by atoms with van der Waals surface area (Å²) < 4.78 is 6.71. The van der Waals surface area contributed by atoms with E-state index in [9.17, 15) is 9.59 Å². The van der Waals surface area contributed by atoms with Crippen LogP contribution in [-0.2, 0) is 9.59 Å². The van der Waals surface area contributed by atoms with Gasteiger partial charge >= 0.3 is 0 Å². The van der Waals surface area contributed by atoms with E-state index in [4.69, 9.17) is 16.3 Å². The highest BCUT2D eigenvalue weighted by Crippen LogP contribution is 2.31. The van der Waals surface area contributed by atoms with Crippen molar-refractivity contribution in [3.8, 4) is 17.0 Å². The molecule has 0 fully saturated rings. The van der Waals surface area contributed by atoms with Crippen LogP contribution in [0.15, 0.2) is 54.6 Å². The van der Waals surface area contributed by atoms with Gasteiger partial charge in [-0.05, 0) is 42.5 Å². The highest BCUT2D eigenvalue weighted by molar-refractivity contribution is 6.30. The van der Waals surface area contributed by atoms with Crippen LogP contribution >= 0.6 is 11.6 Å². The Morgan fingerprint density at radius 2 is 2.04 bits per heavy atom. The van der Waals surface area contributed by atoms with Crippen molar-refractivity contribution in [2.45, 2.75) is 12.5 Å². The molecule has 2 heterocycles. The fraction of sp³-hybridized carbons (Fsp3) is 0.150. The minimum Gasteiger partial charge on any atom is -0.497 e. The number of nitrogens with zero attached hydrogens (tertiary/aromatic N) is 2. The van der Waals surface area contributed by atoms with Gasteiger partial charge < -0.3 is 15.4 Å². The van der Waals surface area contributed by atoms with E-state index < -0.39 is 6.04 Å². The SMILES string of the molecule is COc1ccc(-c2cc3n(n2)[C@@H](C(=O)Nc2cccc(Cl)c2)CC(=O)N3)cc1. The molecule has 8 heteroatoms. The van der Waals surface area contributed by atoms with Gasteiger partial charge in [0, 0.05) is 22.3 Å². The molecule has 1 aromatic heterocycles. The molecule has 3 aromatic rings. The van der Waals surface area contributed by atoms with Gasteiger partial charge in [0.05, 0.1) is 19.2 Å². The first-order valence-electron chi connectivity index (χ1n) is 8.64. The van der Waals surface area contributed by atoms with Crippen LogP contribution in [-0.4, -0.2) is 28.7 Å². The molecule has 0 aliphatic carbocycles. The summed E-state index contributed by atoms with van der Waals surface area (Å²) in [6, 6.07) is 15.2. The van der Waals surface area contributed by atoms with E-state index in [1.54, 1.807) is 42.1 Å². The summed E-state index contributed by atoms with van der Waals surface area (Å²) in [5.41, 5.74) is 2.07. The van der Waals surface area contributed by atoms with Gasteiger partial charge in [-0.2, -0.15) is 5.10 Å². The lowest BCUT2D eigenvalue weighted by molar-refractivity contribution is -0.125. The number of nitrogens with one attached hydrogen (secondary N) is 2. The van der Waals surface area contributed by atoms with E-state index in [0.29, 0.717) is 22.2 Å². The fourth-order valence-electron chi connectivity index (χ4n) is 3.08. The molecule has 2 N–H and O–H groups in total. The predicted octanol–water partition coefficient (Wildman–Crippen LogP) is 3.73. The molecule has 7 nitrogen and oxygen atoms in total. The number of benzene rings is 2. The Hall–Kier alpha value is -3.32. The second-order valence-corrected chi connectivity index (χ2v) is 6.79. The maximum Gasteiger partial charge on any atom is 0.249 e. The zero-order chi connectivity index (χ0) is 19.7. The van der Waals surface area contributed by atoms with Gasteiger partial charge in [-0.25, -0.2) is 4.68 Å². The number of methoxy groups -OCH3 is 1. The summed E-state index contributed by atoms with van der Waals surface area (Å²) in [7, 11) is 1.60. The summed E-state index contributed by atoms with van der Waals surface area (Å²) in [5, 5.41) is 10.6. The lowest BCUT2D eigenvalue weighted by atomic mass is 10.1. The van der Waals surface area contributed by atoms with Gasteiger partial charge in [0.2, 0.25) is 11.8 Å². The van der Waals surface area contributed by atoms with Crippen LogP contribution in [0.4, 0.5) is 11.5 Å². The monoisotopic (exact) mass is 396 g/mol. The Morgan fingerprint density at radius 1 is 1.25 bits per heavy atom. The standard InChI is InChI=1S/C20H17ClN4O3/c1-28-15-7-5-12(6-8-15)16-10-18-23-19(26)11-17(25(18)24-16)20(27)22-14-4-2-3-13(21)9-14/h2-10,17H,11H2,1H3,(H,22,27)(H,23,26)/t17-/m1/s1. The van der Waals surface area contributed by atoms with Crippen LogP contribution in [0.3, 0.4) is 0 Å². The van der Waals surface area contributed by atoms with Gasteiger partial charge in [0.25, 0.3) is 0 Å². The summed E-state index contributed by atoms with van der Waals surface area (Å²) >= 11 is 5.97. The van der Waals surface area contributed by atoms with Gasteiger partial charge in [-0.1, -0.05) is 17.7 Å². The minimum absolute atomic E-state index is 0.00311. The predicted molar refractivity (Wildman–Crippen MR) is 107 cm³/mol. The molecule has 0 radical (unpaired) electrons. The van der Waals surface area contributed by atoms with Crippen molar-refractivity contribution < 1.29 is 14.3 Å². The van der Waals surface area contributed by atoms with Crippen molar-refractivity contribution in [2.75, 3.05) is 17.7 Å². The molecular formula is C20H17ClN4O3. The number of rotatable bonds is 4. The van der Waals surface area contributed by atoms with E-state index in [1.807, 2.05) is 24.3 Å². The molecule has 1 aliphatic heterocycles. The molecule has 4 rings (SSSR count). The van der Waals surface area contributed by atoms with Gasteiger partial charge in [-0.15, -0.1) is 0 Å². The summed E-state index contributed by atoms with van der Waals surface area (Å²) in [6.07, 6.45) is 0.00311. The third-order valence-corrected chi connectivity index (χ3v) is 4.69. The Balaban J connectivity index is 1.63. The van der Waals surface area contributed by atoms with E-state index in [1.165, 1.54) is 0 Å². The molecule has 28 heavy (non-hydrogen) atoms. The number of fused-ring (bicyclic) bond motifs is 1. The highest BCUT2D eigenvalue weighted by Gasteiger charge is 2.32. The number of hydrogen-bond donors (Lipinski definition) is 2. The van der Waals surface area contributed by atoms with E-state index >= 15 is 0 Å². The zero-order valence-corrected chi connectivity index (χ0v) is 15.7. The molecule has 2 aromatic carbocycles. The molecular weight excluding hydrogens is 380 g/mol. The van der Waals surface area contributed by atoms with Crippen LogP contribution < -0.4 is 15.4 Å². The second-order valence-electron chi connectivity index (χ2n) is 6.36. The van der Waals surface area contributed by atoms with Crippen LogP contribution in [0.2, 0.25) is 5.02 Å². The second kappa shape index (κ2) is 7.36. The number of hydrogen-bond acceptors (Lipinski definition) is 4. The number of ether oxygens (including phenoxy) is 1. The highest BCUT2D eigenvalue weighted by atomic mass is 35.5. The summed E-state index contributed by atoms with van der Waals surface area (Å²) in [6.45, 7) is 0. The summed E-state index contributed by atoms with van der Waals surface area (Å²) in [5.74, 6) is 0.649. The van der Waals surface area contributed by atoms with Crippen molar-refractivity contribution in [1.29, 1.82) is 0 Å². The van der Waals surface area contributed by atoms with Crippen LogP contribution in [0.5, 0.6) is 5.75 Å². The first-order chi connectivity index (χ1) is 13.5. The molecule has 0 unspecified atom stereocenters. The lowest BCUT2D eigenvalue weighted by Crippen LogP contribution is -2.35. The number of carbonyl (C=O) groups is 2. The molecule has 0 spiro atoms. The van der Waals surface area contributed by atoms with Crippen molar-refractivity contribution in [2.24, 2.45) is 0 Å². The largest absolute Gasteiger partial charge is 0.497 e. The van der Waals surface area contributed by atoms with Crippen molar-refractivity contribution in [3.05, 3.63) is 59.6 Å². The molecule has 1 atom stereocenters. The summed E-state index contributed by atoms with van der Waals surface area (Å²) in [4.78, 5) is 24.9. The average Bonchev–Trinajstić information content (AvgIpc) is 3.11. The zero-order valence-electron chi connectivity index (χ0n) is 15.0. The molecule has 1 aliphatic rings. The number of amides is 2. The van der Waals surface area contributed by atoms with Crippen molar-refractivity contribution in [1.82, 2.24) is 9.78 Å². The van der Waals surface area contributed by atoms with Gasteiger partial charge in [0.15, 0.2) is 0 Å². The third kappa shape index (κ3) is 3.57. The fourth-order valence-corrected chi connectivity index (χ4v) is 3.27. The topological polar surface area (TPSA) is 85.2 Å². The smallest absolute Gasteiger partial charge is 0.249 e. The van der Waals surface area contributed by atoms with E-state index in [2.05, 4.69) is 15.7 Å². The molecule has 0 saturated carbocycles. The van der Waals surface area contributed by atoms with E-state index in [0.717, 1.165) is 11.3 Å². The average molecular weight is 397 g/mol. The molecule has 0 bridgehead atoms. The van der Waals surface area contributed by atoms with E-state index in [-0.39, 0.29) is 18.2 Å². The first kappa shape index (κ1) is 18.1. The minimum atomic E-state index is -0.755. The number of anilines is 2. The molecule has 0 saturated heterocycles. The Labute approximate surface area is 166 Å². The third-order valence-electron chi connectivity index (χ3n) is 4.46. The van der Waals surface area contributed by atoms with Crippen LogP contribution in [0.25, 0.3) is 11.3 Å². The normalized spacial score (nSPS) is 15.5. The maximum absolute atomic E-state index is 12.8. The first-order valence-corrected chi connectivity index (χ1v) is 9.01. The quantitative estimate of drug-likeness (QED) is 0.703. The van der Waals surface area contributed by atoms with Crippen molar-refractivity contribution in [3.63, 3.8) is 0 Å². The lowest BCUT2D eigenvalue weighted by Gasteiger charge is -2.23. The van der Waals surface area contributed by atoms with Crippen molar-refractivity contribution >= 4 is 34.9 Å². The van der Waals surface area contributed by atoms with Crippen LogP contribution in [0, 0.1) is 0 Å². The van der Waals surface area contributed by atoms with Gasteiger partial charge in [-0.3, -0.25) is 9.59 Å². The Kier molecular flexibility index (Phi) is 4.75. The van der Waals surface area contributed by atoms with Crippen LogP contribution in [0.1, 0.15) is 12.5 Å². The number of halogens is 1. The number of aromatic nitrogens is 2. The Bertz CT molecular complexity index is 1050. The maximum atomic E-state index is 12.8. The number of carbonyl (C=O) groups excluding carboxylic acids is 2. The molecule has 142 valence electrons. The van der Waals surface area contributed by atoms with Gasteiger partial charge in [0.1, 0.15) is 17.6 Å². The Morgan fingerprint density at radius 3 is 2.75 bits per heavy atom.